The average Bonchev–Trinajstić information content (AvgIpc) is 3.40. The van der Waals surface area contributed by atoms with Gasteiger partial charge in [-0.3, -0.25) is 9.89 Å². The van der Waals surface area contributed by atoms with Crippen molar-refractivity contribution in [2.24, 2.45) is 0 Å². The number of carbonyl (C=O) groups excluding carboxylic acids is 1. The Labute approximate surface area is 164 Å². The Bertz CT molecular complexity index is 943. The van der Waals surface area contributed by atoms with Crippen LogP contribution in [0.25, 0.3) is 0 Å². The van der Waals surface area contributed by atoms with Crippen molar-refractivity contribution in [1.29, 1.82) is 0 Å². The molecule has 1 aliphatic rings. The first-order valence-electron chi connectivity index (χ1n) is 9.66. The molecule has 1 fully saturated rings. The second-order valence-electron chi connectivity index (χ2n) is 7.51. The van der Waals surface area contributed by atoms with Gasteiger partial charge in [0.1, 0.15) is 0 Å². The normalized spacial score (nSPS) is 19.3. The molecule has 0 radical (unpaired) electrons. The third-order valence-electron chi connectivity index (χ3n) is 5.63. The Morgan fingerprint density at radius 3 is 2.57 bits per heavy atom. The molecule has 1 saturated heterocycles. The lowest BCUT2D eigenvalue weighted by molar-refractivity contribution is -0.130. The molecule has 0 spiro atoms. The number of rotatable bonds is 5. The summed E-state index contributed by atoms with van der Waals surface area (Å²) in [4.78, 5) is 19.3. The molecule has 1 aromatic carbocycles. The highest BCUT2D eigenvalue weighted by atomic mass is 16.5. The summed E-state index contributed by atoms with van der Waals surface area (Å²) in [6.45, 7) is 7.05. The van der Waals surface area contributed by atoms with Gasteiger partial charge in [0.25, 0.3) is 0 Å². The van der Waals surface area contributed by atoms with Crippen LogP contribution in [-0.2, 0) is 11.2 Å². The molecule has 1 amide bonds. The molecule has 0 saturated carbocycles. The van der Waals surface area contributed by atoms with E-state index < -0.39 is 0 Å². The van der Waals surface area contributed by atoms with Crippen LogP contribution in [0.3, 0.4) is 0 Å². The van der Waals surface area contributed by atoms with Crippen molar-refractivity contribution >= 4 is 5.91 Å². The van der Waals surface area contributed by atoms with E-state index in [0.29, 0.717) is 37.6 Å². The number of nitrogens with zero attached hydrogens (tertiary/aromatic N) is 4. The van der Waals surface area contributed by atoms with Crippen LogP contribution in [-0.4, -0.2) is 44.2 Å². The lowest BCUT2D eigenvalue weighted by atomic mass is 9.89. The summed E-state index contributed by atoms with van der Waals surface area (Å²) in [5.74, 6) is 1.56. The highest BCUT2D eigenvalue weighted by Crippen LogP contribution is 2.39. The summed E-state index contributed by atoms with van der Waals surface area (Å²) in [5, 5.41) is 11.2. The first kappa shape index (κ1) is 18.4. The molecule has 1 N–H and O–H groups in total. The number of carbonyl (C=O) groups is 1. The van der Waals surface area contributed by atoms with Crippen LogP contribution in [0.1, 0.15) is 52.5 Å². The highest BCUT2D eigenvalue weighted by Gasteiger charge is 2.40. The molecular weight excluding hydrogens is 354 g/mol. The Kier molecular flexibility index (Phi) is 4.98. The Morgan fingerprint density at radius 1 is 1.18 bits per heavy atom. The van der Waals surface area contributed by atoms with Gasteiger partial charge in [0, 0.05) is 31.1 Å². The number of likely N-dealkylation sites (tertiary alicyclic amines) is 1. The van der Waals surface area contributed by atoms with Gasteiger partial charge in [-0.25, -0.2) is 0 Å². The van der Waals surface area contributed by atoms with E-state index in [1.54, 1.807) is 0 Å². The smallest absolute Gasteiger partial charge is 0.232 e. The van der Waals surface area contributed by atoms with Crippen LogP contribution in [0, 0.1) is 20.8 Å². The minimum Gasteiger partial charge on any atom is -0.341 e. The second-order valence-corrected chi connectivity index (χ2v) is 7.51. The maximum absolute atomic E-state index is 13.0. The number of aryl methyl sites for hydroxylation is 3. The van der Waals surface area contributed by atoms with E-state index in [1.807, 2.05) is 43.9 Å². The molecule has 28 heavy (non-hydrogen) atoms. The first-order chi connectivity index (χ1) is 13.5. The first-order valence-corrected chi connectivity index (χ1v) is 9.66. The third kappa shape index (κ3) is 3.56. The number of aromatic amines is 1. The van der Waals surface area contributed by atoms with Gasteiger partial charge >= 0.3 is 0 Å². The van der Waals surface area contributed by atoms with Crippen molar-refractivity contribution in [3.63, 3.8) is 0 Å². The van der Waals surface area contributed by atoms with Crippen molar-refractivity contribution in [1.82, 2.24) is 25.2 Å². The van der Waals surface area contributed by atoms with Gasteiger partial charge in [-0.1, -0.05) is 35.5 Å². The van der Waals surface area contributed by atoms with Gasteiger partial charge in [0.15, 0.2) is 5.82 Å². The molecule has 0 unspecified atom stereocenters. The van der Waals surface area contributed by atoms with Gasteiger partial charge in [-0.15, -0.1) is 0 Å². The molecule has 3 aromatic rings. The Balaban J connectivity index is 1.51. The van der Waals surface area contributed by atoms with E-state index in [9.17, 15) is 4.79 Å². The largest absolute Gasteiger partial charge is 0.341 e. The molecular formula is C21H25N5O2. The van der Waals surface area contributed by atoms with Gasteiger partial charge in [-0.05, 0) is 38.3 Å². The molecule has 3 heterocycles. The number of hydrogen-bond acceptors (Lipinski definition) is 5. The molecule has 1 aliphatic heterocycles. The van der Waals surface area contributed by atoms with E-state index in [2.05, 4.69) is 32.5 Å². The van der Waals surface area contributed by atoms with Gasteiger partial charge in [0.2, 0.25) is 11.8 Å². The van der Waals surface area contributed by atoms with E-state index >= 15 is 0 Å². The molecule has 2 atom stereocenters. The quantitative estimate of drug-likeness (QED) is 0.736. The van der Waals surface area contributed by atoms with Crippen LogP contribution in [0.15, 0.2) is 34.9 Å². The fraction of sp³-hybridized carbons (Fsp3) is 0.429. The van der Waals surface area contributed by atoms with Crippen molar-refractivity contribution in [2.75, 3.05) is 13.1 Å². The molecule has 2 aromatic heterocycles. The number of aromatic nitrogens is 4. The molecule has 0 bridgehead atoms. The topological polar surface area (TPSA) is 87.9 Å². The number of nitrogens with one attached hydrogen (secondary N) is 1. The zero-order valence-electron chi connectivity index (χ0n) is 16.5. The molecule has 146 valence electrons. The van der Waals surface area contributed by atoms with Crippen LogP contribution in [0.4, 0.5) is 0 Å². The van der Waals surface area contributed by atoms with Gasteiger partial charge in [0.05, 0.1) is 11.6 Å². The van der Waals surface area contributed by atoms with Gasteiger partial charge in [-0.2, -0.15) is 10.1 Å². The second kappa shape index (κ2) is 7.58. The SMILES string of the molecule is Cc1noc([C@@H]2CN(C(=O)CCc3c(C)n[nH]c3C)C[C@@H]2c2ccccc2)n1. The minimum absolute atomic E-state index is 0.0185. The summed E-state index contributed by atoms with van der Waals surface area (Å²) in [5.41, 5.74) is 4.33. The van der Waals surface area contributed by atoms with E-state index in [0.717, 1.165) is 17.0 Å². The number of hydrogen-bond donors (Lipinski definition) is 1. The van der Waals surface area contributed by atoms with Crippen LogP contribution >= 0.6 is 0 Å². The van der Waals surface area contributed by atoms with E-state index in [4.69, 9.17) is 4.52 Å². The molecule has 7 heteroatoms. The van der Waals surface area contributed by atoms with Crippen molar-refractivity contribution in [2.45, 2.75) is 45.4 Å². The highest BCUT2D eigenvalue weighted by molar-refractivity contribution is 5.77. The van der Waals surface area contributed by atoms with Crippen molar-refractivity contribution in [3.05, 3.63) is 64.6 Å². The third-order valence-corrected chi connectivity index (χ3v) is 5.63. The van der Waals surface area contributed by atoms with Crippen LogP contribution in [0.5, 0.6) is 0 Å². The molecule has 0 aliphatic carbocycles. The van der Waals surface area contributed by atoms with Crippen LogP contribution in [0.2, 0.25) is 0 Å². The minimum atomic E-state index is 0.0185. The average molecular weight is 379 g/mol. The summed E-state index contributed by atoms with van der Waals surface area (Å²) < 4.78 is 5.47. The maximum atomic E-state index is 13.0. The maximum Gasteiger partial charge on any atom is 0.232 e. The molecule has 4 rings (SSSR count). The fourth-order valence-electron chi connectivity index (χ4n) is 4.09. The van der Waals surface area contributed by atoms with E-state index in [-0.39, 0.29) is 17.7 Å². The zero-order chi connectivity index (χ0) is 19.7. The summed E-state index contributed by atoms with van der Waals surface area (Å²) >= 11 is 0. The predicted octanol–water partition coefficient (Wildman–Crippen LogP) is 3.06. The summed E-state index contributed by atoms with van der Waals surface area (Å²) in [7, 11) is 0. The zero-order valence-corrected chi connectivity index (χ0v) is 16.5. The lowest BCUT2D eigenvalue weighted by Crippen LogP contribution is -2.29. The molecule has 7 nitrogen and oxygen atoms in total. The lowest BCUT2D eigenvalue weighted by Gasteiger charge is -2.16. The Hall–Kier alpha value is -2.96. The van der Waals surface area contributed by atoms with Crippen LogP contribution < -0.4 is 0 Å². The standard InChI is InChI=1S/C21H25N5O2/c1-13-17(14(2)24-23-13)9-10-20(27)26-11-18(16-7-5-4-6-8-16)19(12-26)21-22-15(3)25-28-21/h4-8,18-19H,9-12H2,1-3H3,(H,23,24)/t18-,19-/m1/s1. The summed E-state index contributed by atoms with van der Waals surface area (Å²) in [6, 6.07) is 10.3. The monoisotopic (exact) mass is 379 g/mol. The fourth-order valence-corrected chi connectivity index (χ4v) is 4.09. The number of benzene rings is 1. The van der Waals surface area contributed by atoms with Crippen molar-refractivity contribution in [3.8, 4) is 0 Å². The Morgan fingerprint density at radius 2 is 1.93 bits per heavy atom. The summed E-state index contributed by atoms with van der Waals surface area (Å²) in [6.07, 6.45) is 1.17. The van der Waals surface area contributed by atoms with Crippen molar-refractivity contribution < 1.29 is 9.32 Å². The predicted molar refractivity (Wildman–Crippen MR) is 104 cm³/mol. The van der Waals surface area contributed by atoms with E-state index in [1.165, 1.54) is 5.56 Å². The number of H-pyrrole nitrogens is 1. The number of amides is 1. The van der Waals surface area contributed by atoms with Gasteiger partial charge < -0.3 is 9.42 Å².